The zero-order chi connectivity index (χ0) is 12.1. The Bertz CT molecular complexity index is 498. The minimum Gasteiger partial charge on any atom is -0.497 e. The molecule has 0 N–H and O–H groups in total. The summed E-state index contributed by atoms with van der Waals surface area (Å²) in [5, 5.41) is 0. The van der Waals surface area contributed by atoms with Crippen molar-refractivity contribution in [2.45, 2.75) is 19.3 Å². The highest BCUT2D eigenvalue weighted by Gasteiger charge is 2.07. The highest BCUT2D eigenvalue weighted by molar-refractivity contribution is 5.92. The van der Waals surface area contributed by atoms with Gasteiger partial charge >= 0.3 is 0 Å². The zero-order valence-electron chi connectivity index (χ0n) is 9.82. The first-order chi connectivity index (χ1) is 8.28. The van der Waals surface area contributed by atoms with Gasteiger partial charge in [-0.05, 0) is 43.2 Å². The average molecular weight is 226 g/mol. The molecule has 86 valence electrons. The quantitative estimate of drug-likeness (QED) is 0.688. The first-order valence-electron chi connectivity index (χ1n) is 5.67. The summed E-state index contributed by atoms with van der Waals surface area (Å²) in [6.45, 7) is 0. The Kier molecular flexibility index (Phi) is 3.62. The largest absolute Gasteiger partial charge is 0.497 e. The SMILES string of the molecule is COc1ccc(C#CC2=CC(=O)CCC2)cc1. The molecular formula is C15H14O2. The molecule has 0 unspecified atom stereocenters. The first-order valence-corrected chi connectivity index (χ1v) is 5.67. The number of methoxy groups -OCH3 is 1. The molecule has 1 aromatic rings. The van der Waals surface area contributed by atoms with E-state index in [4.69, 9.17) is 4.74 Å². The summed E-state index contributed by atoms with van der Waals surface area (Å²) in [7, 11) is 1.64. The summed E-state index contributed by atoms with van der Waals surface area (Å²) in [4.78, 5) is 11.2. The average Bonchev–Trinajstić information content (AvgIpc) is 2.37. The van der Waals surface area contributed by atoms with E-state index in [0.717, 1.165) is 29.7 Å². The van der Waals surface area contributed by atoms with Gasteiger partial charge in [-0.15, -0.1) is 0 Å². The summed E-state index contributed by atoms with van der Waals surface area (Å²) in [6, 6.07) is 7.59. The first kappa shape index (κ1) is 11.5. The van der Waals surface area contributed by atoms with Crippen molar-refractivity contribution in [1.29, 1.82) is 0 Å². The molecule has 1 aliphatic carbocycles. The van der Waals surface area contributed by atoms with Crippen molar-refractivity contribution in [3.8, 4) is 17.6 Å². The predicted octanol–water partition coefficient (Wildman–Crippen LogP) is 2.73. The molecule has 0 atom stereocenters. The number of hydrogen-bond acceptors (Lipinski definition) is 2. The minimum absolute atomic E-state index is 0.190. The van der Waals surface area contributed by atoms with Gasteiger partial charge < -0.3 is 4.74 Å². The van der Waals surface area contributed by atoms with Crippen LogP contribution in [0.5, 0.6) is 5.75 Å². The van der Waals surface area contributed by atoms with Crippen molar-refractivity contribution in [3.63, 3.8) is 0 Å². The van der Waals surface area contributed by atoms with Gasteiger partial charge in [0.2, 0.25) is 0 Å². The molecule has 0 amide bonds. The Morgan fingerprint density at radius 2 is 1.88 bits per heavy atom. The van der Waals surface area contributed by atoms with Crippen molar-refractivity contribution < 1.29 is 9.53 Å². The molecule has 1 aromatic carbocycles. The van der Waals surface area contributed by atoms with Crippen LogP contribution in [0.25, 0.3) is 0 Å². The van der Waals surface area contributed by atoms with Crippen LogP contribution in [-0.2, 0) is 4.79 Å². The van der Waals surface area contributed by atoms with E-state index in [2.05, 4.69) is 11.8 Å². The number of benzene rings is 1. The highest BCUT2D eigenvalue weighted by atomic mass is 16.5. The molecule has 17 heavy (non-hydrogen) atoms. The molecule has 0 fully saturated rings. The topological polar surface area (TPSA) is 26.3 Å². The third-order valence-corrected chi connectivity index (χ3v) is 2.66. The fraction of sp³-hybridized carbons (Fsp3) is 0.267. The summed E-state index contributed by atoms with van der Waals surface area (Å²) >= 11 is 0. The molecular weight excluding hydrogens is 212 g/mol. The molecule has 0 bridgehead atoms. The molecule has 0 radical (unpaired) electrons. The Balaban J connectivity index is 2.12. The van der Waals surface area contributed by atoms with Gasteiger partial charge in [-0.3, -0.25) is 4.79 Å². The lowest BCUT2D eigenvalue weighted by Gasteiger charge is -2.05. The summed E-state index contributed by atoms with van der Waals surface area (Å²) in [5.41, 5.74) is 1.88. The third-order valence-electron chi connectivity index (χ3n) is 2.66. The predicted molar refractivity (Wildman–Crippen MR) is 66.8 cm³/mol. The van der Waals surface area contributed by atoms with E-state index in [-0.39, 0.29) is 5.78 Å². The number of ether oxygens (including phenoxy) is 1. The lowest BCUT2D eigenvalue weighted by atomic mass is 9.99. The number of carbonyl (C=O) groups excluding carboxylic acids is 1. The summed E-state index contributed by atoms with van der Waals surface area (Å²) < 4.78 is 5.07. The van der Waals surface area contributed by atoms with Crippen LogP contribution in [0.1, 0.15) is 24.8 Å². The van der Waals surface area contributed by atoms with E-state index in [9.17, 15) is 4.79 Å². The summed E-state index contributed by atoms with van der Waals surface area (Å²) in [5.74, 6) is 7.13. The Morgan fingerprint density at radius 3 is 2.53 bits per heavy atom. The minimum atomic E-state index is 0.190. The lowest BCUT2D eigenvalue weighted by Crippen LogP contribution is -2.01. The van der Waals surface area contributed by atoms with Crippen LogP contribution in [0.3, 0.4) is 0 Å². The number of ketones is 1. The fourth-order valence-electron chi connectivity index (χ4n) is 1.72. The molecule has 1 aliphatic rings. The smallest absolute Gasteiger partial charge is 0.156 e. The van der Waals surface area contributed by atoms with Gasteiger partial charge in [0.1, 0.15) is 5.75 Å². The van der Waals surface area contributed by atoms with Gasteiger partial charge in [0, 0.05) is 17.6 Å². The molecule has 0 saturated carbocycles. The van der Waals surface area contributed by atoms with Gasteiger partial charge in [-0.25, -0.2) is 0 Å². The molecule has 0 aromatic heterocycles. The Labute approximate surface area is 101 Å². The molecule has 0 spiro atoms. The normalized spacial score (nSPS) is 14.6. The highest BCUT2D eigenvalue weighted by Crippen LogP contribution is 2.15. The van der Waals surface area contributed by atoms with Gasteiger partial charge in [0.05, 0.1) is 7.11 Å². The number of allylic oxidation sites excluding steroid dienone is 2. The zero-order valence-corrected chi connectivity index (χ0v) is 9.82. The maximum Gasteiger partial charge on any atom is 0.156 e. The van der Waals surface area contributed by atoms with Crippen LogP contribution in [0.2, 0.25) is 0 Å². The van der Waals surface area contributed by atoms with Crippen molar-refractivity contribution in [3.05, 3.63) is 41.5 Å². The van der Waals surface area contributed by atoms with Gasteiger partial charge in [-0.2, -0.15) is 0 Å². The molecule has 0 saturated heterocycles. The standard InChI is InChI=1S/C15H14O2/c1-17-15-9-7-12(8-10-15)5-6-13-3-2-4-14(16)11-13/h7-11H,2-4H2,1H3. The van der Waals surface area contributed by atoms with Gasteiger partial charge in [0.25, 0.3) is 0 Å². The van der Waals surface area contributed by atoms with Crippen LogP contribution in [0, 0.1) is 11.8 Å². The maximum atomic E-state index is 11.2. The lowest BCUT2D eigenvalue weighted by molar-refractivity contribution is -0.115. The molecule has 2 nitrogen and oxygen atoms in total. The second kappa shape index (κ2) is 5.36. The van der Waals surface area contributed by atoms with Gasteiger partial charge in [0.15, 0.2) is 5.78 Å². The third kappa shape index (κ3) is 3.22. The van der Waals surface area contributed by atoms with Crippen LogP contribution >= 0.6 is 0 Å². The van der Waals surface area contributed by atoms with E-state index in [1.165, 1.54) is 0 Å². The van der Waals surface area contributed by atoms with Crippen LogP contribution in [0.4, 0.5) is 0 Å². The second-order valence-electron chi connectivity index (χ2n) is 3.97. The maximum absolute atomic E-state index is 11.2. The summed E-state index contributed by atoms with van der Waals surface area (Å²) in [6.07, 6.45) is 4.16. The van der Waals surface area contributed by atoms with Crippen LogP contribution < -0.4 is 4.74 Å². The van der Waals surface area contributed by atoms with Crippen molar-refractivity contribution in [2.75, 3.05) is 7.11 Å². The number of carbonyl (C=O) groups is 1. The Morgan fingerprint density at radius 1 is 1.12 bits per heavy atom. The van der Waals surface area contributed by atoms with E-state index in [0.29, 0.717) is 6.42 Å². The fourth-order valence-corrected chi connectivity index (χ4v) is 1.72. The number of rotatable bonds is 1. The number of hydrogen-bond donors (Lipinski definition) is 0. The Hall–Kier alpha value is -2.01. The van der Waals surface area contributed by atoms with Crippen molar-refractivity contribution in [2.24, 2.45) is 0 Å². The second-order valence-corrected chi connectivity index (χ2v) is 3.97. The van der Waals surface area contributed by atoms with Crippen LogP contribution in [0.15, 0.2) is 35.9 Å². The molecule has 2 rings (SSSR count). The van der Waals surface area contributed by atoms with Gasteiger partial charge in [-0.1, -0.05) is 11.8 Å². The van der Waals surface area contributed by atoms with Crippen molar-refractivity contribution in [1.82, 2.24) is 0 Å². The van der Waals surface area contributed by atoms with E-state index in [1.54, 1.807) is 13.2 Å². The van der Waals surface area contributed by atoms with E-state index >= 15 is 0 Å². The monoisotopic (exact) mass is 226 g/mol. The van der Waals surface area contributed by atoms with E-state index < -0.39 is 0 Å². The molecule has 0 aliphatic heterocycles. The van der Waals surface area contributed by atoms with Crippen LogP contribution in [-0.4, -0.2) is 12.9 Å². The molecule has 0 heterocycles. The van der Waals surface area contributed by atoms with Crippen molar-refractivity contribution >= 4 is 5.78 Å². The molecule has 2 heteroatoms. The van der Waals surface area contributed by atoms with E-state index in [1.807, 2.05) is 24.3 Å².